The van der Waals surface area contributed by atoms with Gasteiger partial charge in [0.05, 0.1) is 0 Å². The molecule has 0 bridgehead atoms. The highest BCUT2D eigenvalue weighted by Gasteiger charge is 1.95. The van der Waals surface area contributed by atoms with E-state index in [-0.39, 0.29) is 0 Å². The van der Waals surface area contributed by atoms with Gasteiger partial charge in [-0.25, -0.2) is 0 Å². The summed E-state index contributed by atoms with van der Waals surface area (Å²) in [5.74, 6) is 0. The molecular weight excluding hydrogens is 320 g/mol. The first-order chi connectivity index (χ1) is 10.3. The lowest BCUT2D eigenvalue weighted by Gasteiger charge is -2.04. The van der Waals surface area contributed by atoms with Gasteiger partial charge >= 0.3 is 0 Å². The van der Waals surface area contributed by atoms with E-state index in [1.807, 2.05) is 0 Å². The number of halogens is 1. The zero-order valence-corrected chi connectivity index (χ0v) is 15.5. The molecule has 0 radical (unpaired) electrons. The zero-order chi connectivity index (χ0) is 15.2. The van der Waals surface area contributed by atoms with Crippen LogP contribution in [-0.4, -0.2) is 5.33 Å². The van der Waals surface area contributed by atoms with Crippen molar-refractivity contribution in [1.82, 2.24) is 0 Å². The Bertz CT molecular complexity index is 328. The molecule has 1 aromatic rings. The van der Waals surface area contributed by atoms with E-state index in [1.54, 1.807) is 0 Å². The highest BCUT2D eigenvalue weighted by molar-refractivity contribution is 9.09. The summed E-state index contributed by atoms with van der Waals surface area (Å²) in [5.41, 5.74) is 2.87. The van der Waals surface area contributed by atoms with Crippen LogP contribution >= 0.6 is 15.9 Å². The van der Waals surface area contributed by atoms with Crippen LogP contribution in [-0.2, 0) is 6.42 Å². The monoisotopic (exact) mass is 352 g/mol. The lowest BCUT2D eigenvalue weighted by atomic mass is 10.0. The van der Waals surface area contributed by atoms with Crippen LogP contribution in [0.2, 0.25) is 0 Å². The summed E-state index contributed by atoms with van der Waals surface area (Å²) in [4.78, 5) is 0. The Labute approximate surface area is 140 Å². The number of hydrogen-bond acceptors (Lipinski definition) is 0. The van der Waals surface area contributed by atoms with Crippen LogP contribution in [0.15, 0.2) is 24.3 Å². The highest BCUT2D eigenvalue weighted by atomic mass is 79.9. The Kier molecular flexibility index (Phi) is 11.9. The molecule has 21 heavy (non-hydrogen) atoms. The minimum Gasteiger partial charge on any atom is -0.0928 e. The van der Waals surface area contributed by atoms with Crippen molar-refractivity contribution >= 4 is 15.9 Å². The van der Waals surface area contributed by atoms with Gasteiger partial charge in [0.1, 0.15) is 0 Å². The molecule has 0 N–H and O–H groups in total. The SMILES string of the molecule is Cc1ccc(CCCCCCCCCCCCCBr)cc1. The number of benzene rings is 1. The Morgan fingerprint density at radius 1 is 0.619 bits per heavy atom. The molecule has 0 spiro atoms. The molecule has 0 aliphatic heterocycles. The number of rotatable bonds is 13. The van der Waals surface area contributed by atoms with Crippen molar-refractivity contribution in [2.24, 2.45) is 0 Å². The van der Waals surface area contributed by atoms with Crippen LogP contribution in [0.5, 0.6) is 0 Å². The molecule has 0 aromatic heterocycles. The van der Waals surface area contributed by atoms with Gasteiger partial charge in [-0.15, -0.1) is 0 Å². The first kappa shape index (κ1) is 18.7. The van der Waals surface area contributed by atoms with E-state index < -0.39 is 0 Å². The van der Waals surface area contributed by atoms with Gasteiger partial charge < -0.3 is 0 Å². The fourth-order valence-electron chi connectivity index (χ4n) is 2.77. The summed E-state index contributed by atoms with van der Waals surface area (Å²) in [6.45, 7) is 2.16. The minimum absolute atomic E-state index is 1.18. The average molecular weight is 353 g/mol. The average Bonchev–Trinajstić information content (AvgIpc) is 2.50. The van der Waals surface area contributed by atoms with E-state index in [2.05, 4.69) is 47.1 Å². The summed E-state index contributed by atoms with van der Waals surface area (Å²) in [7, 11) is 0. The molecule has 1 heteroatoms. The van der Waals surface area contributed by atoms with Gasteiger partial charge in [0.25, 0.3) is 0 Å². The normalized spacial score (nSPS) is 11.0. The third-order valence-corrected chi connectivity index (χ3v) is 4.78. The molecule has 0 aliphatic carbocycles. The molecule has 1 rings (SSSR count). The molecule has 0 fully saturated rings. The maximum absolute atomic E-state index is 3.49. The molecule has 0 heterocycles. The van der Waals surface area contributed by atoms with Crippen LogP contribution < -0.4 is 0 Å². The Hall–Kier alpha value is -0.300. The van der Waals surface area contributed by atoms with Crippen molar-refractivity contribution in [2.75, 3.05) is 5.33 Å². The smallest absolute Gasteiger partial charge is 0.00313 e. The zero-order valence-electron chi connectivity index (χ0n) is 13.9. The number of unbranched alkanes of at least 4 members (excludes halogenated alkanes) is 10. The number of alkyl halides is 1. The predicted molar refractivity (Wildman–Crippen MR) is 99.5 cm³/mol. The standard InChI is InChI=1S/C20H33Br/c1-19-14-16-20(17-15-19)13-11-9-7-5-3-2-4-6-8-10-12-18-21/h14-17H,2-13,18H2,1H3. The predicted octanol–water partition coefficient (Wildman–Crippen LogP) is 7.22. The summed E-state index contributed by atoms with van der Waals surface area (Å²) < 4.78 is 0. The molecule has 120 valence electrons. The molecule has 0 saturated heterocycles. The molecular formula is C20H33Br. The Morgan fingerprint density at radius 3 is 1.52 bits per heavy atom. The quantitative estimate of drug-likeness (QED) is 0.259. The second-order valence-electron chi connectivity index (χ2n) is 6.31. The minimum atomic E-state index is 1.18. The fraction of sp³-hybridized carbons (Fsp3) is 0.700. The van der Waals surface area contributed by atoms with Gasteiger partial charge in [-0.2, -0.15) is 0 Å². The van der Waals surface area contributed by atoms with Crippen LogP contribution in [0.25, 0.3) is 0 Å². The molecule has 1 aromatic carbocycles. The van der Waals surface area contributed by atoms with Crippen LogP contribution in [0.1, 0.15) is 81.8 Å². The van der Waals surface area contributed by atoms with E-state index in [0.29, 0.717) is 0 Å². The lowest BCUT2D eigenvalue weighted by molar-refractivity contribution is 0.550. The van der Waals surface area contributed by atoms with Gasteiger partial charge in [0, 0.05) is 5.33 Å². The van der Waals surface area contributed by atoms with Crippen molar-refractivity contribution in [3.63, 3.8) is 0 Å². The first-order valence-electron chi connectivity index (χ1n) is 8.94. The van der Waals surface area contributed by atoms with Gasteiger partial charge in [0.15, 0.2) is 0 Å². The molecule has 0 saturated carbocycles. The molecule has 0 amide bonds. The molecule has 0 aliphatic rings. The third-order valence-electron chi connectivity index (χ3n) is 4.22. The second kappa shape index (κ2) is 13.4. The fourth-order valence-corrected chi connectivity index (χ4v) is 3.17. The third kappa shape index (κ3) is 11.0. The molecule has 0 atom stereocenters. The first-order valence-corrected chi connectivity index (χ1v) is 10.1. The van der Waals surface area contributed by atoms with Crippen molar-refractivity contribution in [1.29, 1.82) is 0 Å². The van der Waals surface area contributed by atoms with Crippen molar-refractivity contribution in [3.8, 4) is 0 Å². The van der Waals surface area contributed by atoms with Crippen molar-refractivity contribution < 1.29 is 0 Å². The van der Waals surface area contributed by atoms with Crippen molar-refractivity contribution in [2.45, 2.75) is 84.0 Å². The summed E-state index contributed by atoms with van der Waals surface area (Å²) in [6, 6.07) is 9.02. The van der Waals surface area contributed by atoms with E-state index in [4.69, 9.17) is 0 Å². The maximum Gasteiger partial charge on any atom is 0.00313 e. The van der Waals surface area contributed by atoms with Crippen LogP contribution in [0.4, 0.5) is 0 Å². The Morgan fingerprint density at radius 2 is 1.05 bits per heavy atom. The highest BCUT2D eigenvalue weighted by Crippen LogP contribution is 2.13. The second-order valence-corrected chi connectivity index (χ2v) is 7.11. The van der Waals surface area contributed by atoms with E-state index in [0.717, 1.165) is 0 Å². The maximum atomic E-state index is 3.49. The van der Waals surface area contributed by atoms with Gasteiger partial charge in [-0.3, -0.25) is 0 Å². The summed E-state index contributed by atoms with van der Waals surface area (Å²) in [6.07, 6.45) is 16.9. The van der Waals surface area contributed by atoms with Crippen LogP contribution in [0.3, 0.4) is 0 Å². The van der Waals surface area contributed by atoms with Crippen LogP contribution in [0, 0.1) is 6.92 Å². The van der Waals surface area contributed by atoms with Gasteiger partial charge in [-0.05, 0) is 31.7 Å². The van der Waals surface area contributed by atoms with Gasteiger partial charge in [-0.1, -0.05) is 104 Å². The summed E-state index contributed by atoms with van der Waals surface area (Å²) in [5, 5.41) is 1.18. The Balaban J connectivity index is 1.81. The number of hydrogen-bond donors (Lipinski definition) is 0. The summed E-state index contributed by atoms with van der Waals surface area (Å²) >= 11 is 3.49. The largest absolute Gasteiger partial charge is 0.0928 e. The van der Waals surface area contributed by atoms with Crippen molar-refractivity contribution in [3.05, 3.63) is 35.4 Å². The lowest BCUT2D eigenvalue weighted by Crippen LogP contribution is -1.87. The van der Waals surface area contributed by atoms with E-state index in [1.165, 1.54) is 93.5 Å². The topological polar surface area (TPSA) is 0 Å². The van der Waals surface area contributed by atoms with E-state index >= 15 is 0 Å². The number of aryl methyl sites for hydroxylation is 2. The van der Waals surface area contributed by atoms with Gasteiger partial charge in [0.2, 0.25) is 0 Å². The molecule has 0 nitrogen and oxygen atoms in total. The van der Waals surface area contributed by atoms with E-state index in [9.17, 15) is 0 Å². The molecule has 0 unspecified atom stereocenters.